The van der Waals surface area contributed by atoms with Crippen LogP contribution in [-0.2, 0) is 41.4 Å². The summed E-state index contributed by atoms with van der Waals surface area (Å²) in [5, 5.41) is 10.4. The first-order valence-electron chi connectivity index (χ1n) is 16.5. The fourth-order valence-corrected chi connectivity index (χ4v) is 12.6. The Morgan fingerprint density at radius 1 is 0.739 bits per heavy atom. The summed E-state index contributed by atoms with van der Waals surface area (Å²) in [6.07, 6.45) is -4.41. The lowest BCUT2D eigenvalue weighted by Gasteiger charge is -2.48. The van der Waals surface area contributed by atoms with Gasteiger partial charge in [0.25, 0.3) is 0 Å². The molecule has 1 N–H and O–H groups in total. The molecule has 1 aliphatic heterocycles. The van der Waals surface area contributed by atoms with Crippen LogP contribution in [0.25, 0.3) is 0 Å². The smallest absolute Gasteiger partial charge is 0.335 e. The van der Waals surface area contributed by atoms with Crippen LogP contribution >= 0.6 is 0 Å². The molecular weight excluding hydrogens is 596 g/mol. The Kier molecular flexibility index (Phi) is 12.4. The van der Waals surface area contributed by atoms with Gasteiger partial charge < -0.3 is 28.5 Å². The van der Waals surface area contributed by atoms with Crippen molar-refractivity contribution in [3.63, 3.8) is 0 Å². The van der Waals surface area contributed by atoms with Crippen molar-refractivity contribution in [2.24, 2.45) is 0 Å². The Labute approximate surface area is 276 Å². The lowest BCUT2D eigenvalue weighted by atomic mass is 9.94. The summed E-state index contributed by atoms with van der Waals surface area (Å²) in [6, 6.07) is 29.9. The van der Waals surface area contributed by atoms with Crippen LogP contribution in [-0.4, -0.2) is 49.6 Å². The van der Waals surface area contributed by atoms with E-state index >= 15 is 0 Å². The van der Waals surface area contributed by atoms with Gasteiger partial charge in [-0.3, -0.25) is 0 Å². The lowest BCUT2D eigenvalue weighted by Crippen LogP contribution is -2.58. The molecule has 4 rings (SSSR count). The van der Waals surface area contributed by atoms with Gasteiger partial charge in [-0.15, -0.1) is 0 Å². The van der Waals surface area contributed by atoms with Gasteiger partial charge in [0.1, 0.15) is 24.4 Å². The molecule has 1 heterocycles. The van der Waals surface area contributed by atoms with E-state index in [0.717, 1.165) is 16.7 Å². The highest BCUT2D eigenvalue weighted by Gasteiger charge is 2.56. The monoisotopic (exact) mass is 648 g/mol. The van der Waals surface area contributed by atoms with Crippen LogP contribution in [0.1, 0.15) is 78.2 Å². The van der Waals surface area contributed by atoms with Crippen molar-refractivity contribution in [3.05, 3.63) is 108 Å². The average Bonchev–Trinajstić information content (AvgIpc) is 3.35. The van der Waals surface area contributed by atoms with Crippen molar-refractivity contribution in [2.45, 2.75) is 122 Å². The number of carboxylic acid groups (broad SMARTS) is 1. The fraction of sp³-hybridized carbons (Fsp3) is 0.500. The van der Waals surface area contributed by atoms with Crippen molar-refractivity contribution in [3.8, 4) is 0 Å². The van der Waals surface area contributed by atoms with Crippen LogP contribution in [0, 0.1) is 0 Å². The second kappa shape index (κ2) is 15.8. The van der Waals surface area contributed by atoms with E-state index in [1.807, 2.05) is 91.0 Å². The lowest BCUT2D eigenvalue weighted by molar-refractivity contribution is -0.186. The van der Waals surface area contributed by atoms with E-state index in [-0.39, 0.29) is 23.2 Å². The SMILES string of the molecule is CC(C)[Si](O[C@@H]([C@H](OCc1ccccc1)[C@H]1OC(C)(C)O[C@@H]1C(=O)O)[C@H](OCc1ccccc1)c1ccccc1)(C(C)C)C(C)C. The molecule has 0 saturated carbocycles. The standard InChI is InChI=1S/C38H52O7Si/c1-26(2)46(27(3)4,28(5)6)45-35(32(31-22-16-11-17-23-31)41-24-29-18-12-9-13-19-29)33(42-25-30-20-14-10-15-21-30)34-36(37(39)40)44-38(7,8)43-34/h9-23,26-28,32-36H,24-25H2,1-8H3,(H,39,40)/t32-,33-,34-,35-,36+/m1/s1. The maximum atomic E-state index is 12.7. The van der Waals surface area contributed by atoms with Crippen molar-refractivity contribution in [1.82, 2.24) is 0 Å². The largest absolute Gasteiger partial charge is 0.479 e. The molecule has 5 atom stereocenters. The van der Waals surface area contributed by atoms with E-state index in [1.165, 1.54) is 0 Å². The summed E-state index contributed by atoms with van der Waals surface area (Å²) in [6.45, 7) is 17.5. The minimum Gasteiger partial charge on any atom is -0.479 e. The Balaban J connectivity index is 1.91. The Hall–Kier alpha value is -2.85. The second-order valence-corrected chi connectivity index (χ2v) is 19.1. The van der Waals surface area contributed by atoms with Crippen LogP contribution in [0.15, 0.2) is 91.0 Å². The van der Waals surface area contributed by atoms with E-state index in [2.05, 4.69) is 41.5 Å². The summed E-state index contributed by atoms with van der Waals surface area (Å²) >= 11 is 0. The number of hydrogen-bond donors (Lipinski definition) is 1. The number of carboxylic acids is 1. The molecule has 0 aromatic heterocycles. The molecule has 46 heavy (non-hydrogen) atoms. The van der Waals surface area contributed by atoms with Gasteiger partial charge in [0.05, 0.1) is 13.2 Å². The molecule has 0 radical (unpaired) electrons. The molecule has 0 bridgehead atoms. The Morgan fingerprint density at radius 3 is 1.65 bits per heavy atom. The molecule has 250 valence electrons. The fourth-order valence-electron chi connectivity index (χ4n) is 7.09. The third-order valence-electron chi connectivity index (χ3n) is 9.05. The molecule has 3 aromatic rings. The first-order chi connectivity index (χ1) is 21.9. The van der Waals surface area contributed by atoms with E-state index in [0.29, 0.717) is 6.61 Å². The van der Waals surface area contributed by atoms with E-state index < -0.39 is 50.6 Å². The number of ether oxygens (including phenoxy) is 4. The van der Waals surface area contributed by atoms with Gasteiger partial charge in [-0.05, 0) is 47.2 Å². The van der Waals surface area contributed by atoms with Crippen LogP contribution in [0.5, 0.6) is 0 Å². The average molecular weight is 649 g/mol. The maximum Gasteiger partial charge on any atom is 0.335 e. The van der Waals surface area contributed by atoms with Gasteiger partial charge in [0.2, 0.25) is 8.32 Å². The molecule has 0 spiro atoms. The third-order valence-corrected chi connectivity index (χ3v) is 15.1. The van der Waals surface area contributed by atoms with Gasteiger partial charge in [-0.1, -0.05) is 133 Å². The summed E-state index contributed by atoms with van der Waals surface area (Å²) in [5.74, 6) is -2.24. The third kappa shape index (κ3) is 8.54. The molecule has 8 heteroatoms. The van der Waals surface area contributed by atoms with Crippen LogP contribution < -0.4 is 0 Å². The topological polar surface area (TPSA) is 83.5 Å². The molecule has 0 aliphatic carbocycles. The van der Waals surface area contributed by atoms with Crippen molar-refractivity contribution in [1.29, 1.82) is 0 Å². The summed E-state index contributed by atoms with van der Waals surface area (Å²) in [5.41, 5.74) is 3.65. The minimum atomic E-state index is -2.61. The highest BCUT2D eigenvalue weighted by atomic mass is 28.4. The molecule has 3 aromatic carbocycles. The molecule has 1 aliphatic rings. The van der Waals surface area contributed by atoms with Gasteiger partial charge >= 0.3 is 5.97 Å². The normalized spacial score (nSPS) is 20.2. The van der Waals surface area contributed by atoms with Crippen LogP contribution in [0.4, 0.5) is 0 Å². The molecule has 0 unspecified atom stereocenters. The zero-order chi connectivity index (χ0) is 33.5. The highest BCUT2D eigenvalue weighted by Crippen LogP contribution is 2.47. The number of carbonyl (C=O) groups is 1. The summed E-state index contributed by atoms with van der Waals surface area (Å²) in [7, 11) is -2.61. The minimum absolute atomic E-state index is 0.234. The Bertz CT molecular complexity index is 1330. The van der Waals surface area contributed by atoms with Gasteiger partial charge in [-0.25, -0.2) is 4.79 Å². The molecular formula is C38H52O7Si. The molecule has 1 fully saturated rings. The highest BCUT2D eigenvalue weighted by molar-refractivity contribution is 6.77. The maximum absolute atomic E-state index is 12.7. The van der Waals surface area contributed by atoms with Gasteiger partial charge in [-0.2, -0.15) is 0 Å². The first kappa shape index (κ1) is 36.0. The predicted octanol–water partition coefficient (Wildman–Crippen LogP) is 8.70. The van der Waals surface area contributed by atoms with E-state index in [9.17, 15) is 9.90 Å². The van der Waals surface area contributed by atoms with Crippen molar-refractivity contribution < 1.29 is 33.3 Å². The number of aliphatic carboxylic acids is 1. The molecule has 0 amide bonds. The van der Waals surface area contributed by atoms with Gasteiger partial charge in [0, 0.05) is 0 Å². The van der Waals surface area contributed by atoms with E-state index in [1.54, 1.807) is 13.8 Å². The summed E-state index contributed by atoms with van der Waals surface area (Å²) < 4.78 is 33.8. The number of benzene rings is 3. The second-order valence-electron chi connectivity index (χ2n) is 13.6. The van der Waals surface area contributed by atoms with Crippen molar-refractivity contribution >= 4 is 14.3 Å². The van der Waals surface area contributed by atoms with Crippen LogP contribution in [0.2, 0.25) is 16.6 Å². The number of rotatable bonds is 16. The first-order valence-corrected chi connectivity index (χ1v) is 18.6. The number of hydrogen-bond acceptors (Lipinski definition) is 6. The van der Waals surface area contributed by atoms with E-state index in [4.69, 9.17) is 23.4 Å². The molecule has 1 saturated heterocycles. The summed E-state index contributed by atoms with van der Waals surface area (Å²) in [4.78, 5) is 12.7. The van der Waals surface area contributed by atoms with Crippen molar-refractivity contribution in [2.75, 3.05) is 0 Å². The van der Waals surface area contributed by atoms with Crippen LogP contribution in [0.3, 0.4) is 0 Å². The molecule has 7 nitrogen and oxygen atoms in total. The van der Waals surface area contributed by atoms with Gasteiger partial charge in [0.15, 0.2) is 11.9 Å². The Morgan fingerprint density at radius 2 is 1.20 bits per heavy atom. The zero-order valence-electron chi connectivity index (χ0n) is 28.6. The quantitative estimate of drug-likeness (QED) is 0.156. The predicted molar refractivity (Wildman–Crippen MR) is 183 cm³/mol. The zero-order valence-corrected chi connectivity index (χ0v) is 29.6.